The quantitative estimate of drug-likeness (QED) is 0.747. The van der Waals surface area contributed by atoms with E-state index in [1.165, 1.54) is 0 Å². The van der Waals surface area contributed by atoms with E-state index in [2.05, 4.69) is 10.2 Å². The van der Waals surface area contributed by atoms with E-state index in [0.29, 0.717) is 18.9 Å². The van der Waals surface area contributed by atoms with E-state index < -0.39 is 5.91 Å². The molecule has 0 aliphatic rings. The summed E-state index contributed by atoms with van der Waals surface area (Å²) >= 11 is 0. The Kier molecular flexibility index (Phi) is 3.86. The van der Waals surface area contributed by atoms with Gasteiger partial charge in [-0.3, -0.25) is 4.79 Å². The maximum absolute atomic E-state index is 11.1. The second-order valence-corrected chi connectivity index (χ2v) is 4.66. The Bertz CT molecular complexity index is 685. The second kappa shape index (κ2) is 6.13. The number of aromatic nitrogens is 2. The van der Waals surface area contributed by atoms with Crippen LogP contribution in [-0.2, 0) is 13.1 Å². The van der Waals surface area contributed by atoms with Crippen molar-refractivity contribution in [1.82, 2.24) is 10.2 Å². The first kappa shape index (κ1) is 13.9. The minimum atomic E-state index is -0.609. The normalized spacial score (nSPS) is 10.5. The first-order valence-corrected chi connectivity index (χ1v) is 6.65. The highest BCUT2D eigenvalue weighted by molar-refractivity contribution is 5.90. The summed E-state index contributed by atoms with van der Waals surface area (Å²) in [4.78, 5) is 13.0. The third-order valence-corrected chi connectivity index (χ3v) is 3.08. The molecule has 1 amide bonds. The van der Waals surface area contributed by atoms with Crippen molar-refractivity contribution >= 4 is 11.7 Å². The summed E-state index contributed by atoms with van der Waals surface area (Å²) in [5.41, 5.74) is 5.30. The van der Waals surface area contributed by atoms with E-state index in [4.69, 9.17) is 14.6 Å². The van der Waals surface area contributed by atoms with Crippen molar-refractivity contribution in [3.05, 3.63) is 66.1 Å². The van der Waals surface area contributed by atoms with E-state index in [1.54, 1.807) is 24.7 Å². The lowest BCUT2D eigenvalue weighted by atomic mass is 10.3. The molecule has 0 aliphatic heterocycles. The van der Waals surface area contributed by atoms with Gasteiger partial charge in [-0.15, -0.1) is 10.2 Å². The van der Waals surface area contributed by atoms with E-state index >= 15 is 0 Å². The van der Waals surface area contributed by atoms with E-state index in [1.807, 2.05) is 29.2 Å². The van der Waals surface area contributed by atoms with Crippen molar-refractivity contribution in [1.29, 1.82) is 0 Å². The molecule has 22 heavy (non-hydrogen) atoms. The van der Waals surface area contributed by atoms with Gasteiger partial charge in [0.2, 0.25) is 0 Å². The summed E-state index contributed by atoms with van der Waals surface area (Å²) in [6, 6.07) is 10.6. The first-order valence-electron chi connectivity index (χ1n) is 6.65. The largest absolute Gasteiger partial charge is 0.467 e. The van der Waals surface area contributed by atoms with Gasteiger partial charge in [-0.05, 0) is 36.4 Å². The number of nitrogens with zero attached hydrogens (tertiary/aromatic N) is 3. The van der Waals surface area contributed by atoms with Gasteiger partial charge in [0.1, 0.15) is 11.5 Å². The second-order valence-electron chi connectivity index (χ2n) is 4.66. The van der Waals surface area contributed by atoms with Gasteiger partial charge in [0.05, 0.1) is 25.6 Å². The van der Waals surface area contributed by atoms with Crippen LogP contribution >= 0.6 is 0 Å². The number of rotatable bonds is 6. The average molecular weight is 298 g/mol. The predicted molar refractivity (Wildman–Crippen MR) is 77.9 cm³/mol. The summed E-state index contributed by atoms with van der Waals surface area (Å²) < 4.78 is 10.7. The van der Waals surface area contributed by atoms with Gasteiger partial charge in [-0.25, -0.2) is 0 Å². The molecule has 0 bridgehead atoms. The topological polar surface area (TPSA) is 98.4 Å². The minimum Gasteiger partial charge on any atom is -0.467 e. The number of anilines is 1. The van der Waals surface area contributed by atoms with Crippen LogP contribution in [0.3, 0.4) is 0 Å². The van der Waals surface area contributed by atoms with Crippen molar-refractivity contribution in [2.45, 2.75) is 13.1 Å². The zero-order valence-corrected chi connectivity index (χ0v) is 11.7. The zero-order valence-electron chi connectivity index (χ0n) is 11.7. The third-order valence-electron chi connectivity index (χ3n) is 3.08. The molecular weight excluding hydrogens is 284 g/mol. The molecule has 0 unspecified atom stereocenters. The molecule has 2 N–H and O–H groups in total. The molecule has 3 aromatic rings. The molecule has 0 fully saturated rings. The number of hydrogen-bond donors (Lipinski definition) is 1. The lowest BCUT2D eigenvalue weighted by molar-refractivity contribution is 0.0994. The highest BCUT2D eigenvalue weighted by Gasteiger charge is 2.14. The van der Waals surface area contributed by atoms with Gasteiger partial charge in [0.15, 0.2) is 11.5 Å². The average Bonchev–Trinajstić information content (AvgIpc) is 3.20. The van der Waals surface area contributed by atoms with Crippen LogP contribution in [0.4, 0.5) is 5.82 Å². The molecule has 0 aromatic carbocycles. The fourth-order valence-electron chi connectivity index (χ4n) is 2.02. The third kappa shape index (κ3) is 3.14. The summed E-state index contributed by atoms with van der Waals surface area (Å²) in [7, 11) is 0. The molecule has 7 nitrogen and oxygen atoms in total. The van der Waals surface area contributed by atoms with Crippen LogP contribution in [0, 0.1) is 0 Å². The number of hydrogen-bond acceptors (Lipinski definition) is 6. The van der Waals surface area contributed by atoms with E-state index in [0.717, 1.165) is 11.5 Å². The van der Waals surface area contributed by atoms with E-state index in [-0.39, 0.29) is 5.69 Å². The molecule has 0 saturated carbocycles. The highest BCUT2D eigenvalue weighted by atomic mass is 16.3. The van der Waals surface area contributed by atoms with Crippen LogP contribution < -0.4 is 10.6 Å². The number of primary amides is 1. The predicted octanol–water partition coefficient (Wildman–Crippen LogP) is 1.97. The standard InChI is InChI=1S/C15H14N4O3/c16-15(20)13-5-6-14(18-17-13)19(9-11-3-1-7-21-11)10-12-4-2-8-22-12/h1-8H,9-10H2,(H2,16,20). The van der Waals surface area contributed by atoms with Gasteiger partial charge >= 0.3 is 0 Å². The molecule has 0 atom stereocenters. The maximum atomic E-state index is 11.1. The smallest absolute Gasteiger partial charge is 0.269 e. The Morgan fingerprint density at radius 1 is 1.00 bits per heavy atom. The number of carbonyl (C=O) groups is 1. The van der Waals surface area contributed by atoms with Gasteiger partial charge in [-0.1, -0.05) is 0 Å². The number of amides is 1. The molecule has 0 aliphatic carbocycles. The molecule has 0 spiro atoms. The van der Waals surface area contributed by atoms with Gasteiger partial charge in [0, 0.05) is 0 Å². The van der Waals surface area contributed by atoms with Gasteiger partial charge in [-0.2, -0.15) is 0 Å². The molecular formula is C15H14N4O3. The van der Waals surface area contributed by atoms with Crippen molar-refractivity contribution in [3.8, 4) is 0 Å². The SMILES string of the molecule is NC(=O)c1ccc(N(Cc2ccco2)Cc2ccco2)nn1. The monoisotopic (exact) mass is 298 g/mol. The molecule has 3 heterocycles. The van der Waals surface area contributed by atoms with Crippen molar-refractivity contribution in [2.75, 3.05) is 4.90 Å². The summed E-state index contributed by atoms with van der Waals surface area (Å²) in [6.45, 7) is 0.997. The molecule has 112 valence electrons. The number of nitrogens with two attached hydrogens (primary N) is 1. The van der Waals surface area contributed by atoms with Crippen molar-refractivity contribution < 1.29 is 13.6 Å². The number of carbonyl (C=O) groups excluding carboxylic acids is 1. The summed E-state index contributed by atoms with van der Waals surface area (Å²) in [5.74, 6) is 1.56. The molecule has 3 aromatic heterocycles. The van der Waals surface area contributed by atoms with Crippen molar-refractivity contribution in [2.24, 2.45) is 5.73 Å². The highest BCUT2D eigenvalue weighted by Crippen LogP contribution is 2.18. The van der Waals surface area contributed by atoms with Gasteiger partial charge in [0.25, 0.3) is 5.91 Å². The molecule has 0 radical (unpaired) electrons. The van der Waals surface area contributed by atoms with Crippen LogP contribution in [-0.4, -0.2) is 16.1 Å². The van der Waals surface area contributed by atoms with Crippen LogP contribution in [0.15, 0.2) is 57.8 Å². The fourth-order valence-corrected chi connectivity index (χ4v) is 2.02. The molecule has 3 rings (SSSR count). The number of furan rings is 2. The lowest BCUT2D eigenvalue weighted by Gasteiger charge is -2.21. The summed E-state index contributed by atoms with van der Waals surface area (Å²) in [5, 5.41) is 7.88. The Hall–Kier alpha value is -3.09. The van der Waals surface area contributed by atoms with Crippen LogP contribution in [0.5, 0.6) is 0 Å². The fraction of sp³-hybridized carbons (Fsp3) is 0.133. The first-order chi connectivity index (χ1) is 10.7. The van der Waals surface area contributed by atoms with Crippen LogP contribution in [0.2, 0.25) is 0 Å². The molecule has 7 heteroatoms. The van der Waals surface area contributed by atoms with Crippen LogP contribution in [0.1, 0.15) is 22.0 Å². The maximum Gasteiger partial charge on any atom is 0.269 e. The van der Waals surface area contributed by atoms with Crippen molar-refractivity contribution in [3.63, 3.8) is 0 Å². The Balaban J connectivity index is 1.84. The lowest BCUT2D eigenvalue weighted by Crippen LogP contribution is -2.24. The zero-order chi connectivity index (χ0) is 15.4. The Morgan fingerprint density at radius 2 is 1.64 bits per heavy atom. The van der Waals surface area contributed by atoms with Crippen LogP contribution in [0.25, 0.3) is 0 Å². The Morgan fingerprint density at radius 3 is 2.05 bits per heavy atom. The van der Waals surface area contributed by atoms with E-state index in [9.17, 15) is 4.79 Å². The summed E-state index contributed by atoms with van der Waals surface area (Å²) in [6.07, 6.45) is 3.23. The molecule has 0 saturated heterocycles. The minimum absolute atomic E-state index is 0.125. The van der Waals surface area contributed by atoms with Gasteiger partial charge < -0.3 is 19.5 Å². The Labute approximate surface area is 126 Å².